The number of aryl methyl sites for hydroxylation is 2. The van der Waals surface area contributed by atoms with Crippen molar-refractivity contribution in [1.82, 2.24) is 5.32 Å². The Labute approximate surface area is 116 Å². The first-order valence-corrected chi connectivity index (χ1v) is 7.08. The van der Waals surface area contributed by atoms with Crippen molar-refractivity contribution in [3.05, 3.63) is 29.3 Å². The van der Waals surface area contributed by atoms with Crippen LogP contribution in [0.25, 0.3) is 0 Å². The third-order valence-corrected chi connectivity index (χ3v) is 3.39. The highest BCUT2D eigenvalue weighted by atomic mass is 16.2. The predicted molar refractivity (Wildman–Crippen MR) is 81.5 cm³/mol. The van der Waals surface area contributed by atoms with Crippen LogP contribution in [0.5, 0.6) is 0 Å². The van der Waals surface area contributed by atoms with Gasteiger partial charge in [-0.25, -0.2) is 0 Å². The molecule has 0 heterocycles. The van der Waals surface area contributed by atoms with Crippen LogP contribution in [0.15, 0.2) is 18.2 Å². The molecule has 0 fully saturated rings. The van der Waals surface area contributed by atoms with E-state index >= 15 is 0 Å². The summed E-state index contributed by atoms with van der Waals surface area (Å²) in [6, 6.07) is 6.18. The molecule has 1 aromatic carbocycles. The van der Waals surface area contributed by atoms with E-state index in [4.69, 9.17) is 0 Å². The zero-order valence-corrected chi connectivity index (χ0v) is 12.7. The van der Waals surface area contributed by atoms with Crippen molar-refractivity contribution in [2.45, 2.75) is 59.5 Å². The molecule has 0 aliphatic heterocycles. The van der Waals surface area contributed by atoms with Gasteiger partial charge in [-0.05, 0) is 57.4 Å². The average molecular weight is 262 g/mol. The van der Waals surface area contributed by atoms with Gasteiger partial charge in [0, 0.05) is 11.7 Å². The third-order valence-electron chi connectivity index (χ3n) is 3.39. The SMILES string of the molecule is CCCC(C)NC(=O)C(C)Nc1ccc(C)c(C)c1. The number of hydrogen-bond donors (Lipinski definition) is 2. The molecule has 0 radical (unpaired) electrons. The summed E-state index contributed by atoms with van der Waals surface area (Å²) in [7, 11) is 0. The van der Waals surface area contributed by atoms with Crippen LogP contribution in [0.2, 0.25) is 0 Å². The first kappa shape index (κ1) is 15.5. The molecule has 0 saturated heterocycles. The Morgan fingerprint density at radius 1 is 1.21 bits per heavy atom. The topological polar surface area (TPSA) is 41.1 Å². The van der Waals surface area contributed by atoms with Gasteiger partial charge in [-0.2, -0.15) is 0 Å². The van der Waals surface area contributed by atoms with Crippen molar-refractivity contribution in [3.8, 4) is 0 Å². The highest BCUT2D eigenvalue weighted by Gasteiger charge is 2.14. The number of carbonyl (C=O) groups is 1. The van der Waals surface area contributed by atoms with Crippen LogP contribution in [0.4, 0.5) is 5.69 Å². The van der Waals surface area contributed by atoms with Crippen molar-refractivity contribution < 1.29 is 4.79 Å². The van der Waals surface area contributed by atoms with E-state index in [0.717, 1.165) is 18.5 Å². The molecule has 19 heavy (non-hydrogen) atoms. The summed E-state index contributed by atoms with van der Waals surface area (Å²) in [4.78, 5) is 12.0. The lowest BCUT2D eigenvalue weighted by Gasteiger charge is -2.19. The lowest BCUT2D eigenvalue weighted by molar-refractivity contribution is -0.122. The average Bonchev–Trinajstić information content (AvgIpc) is 2.34. The molecule has 106 valence electrons. The second kappa shape index (κ2) is 7.17. The fraction of sp³-hybridized carbons (Fsp3) is 0.562. The largest absolute Gasteiger partial charge is 0.374 e. The lowest BCUT2D eigenvalue weighted by Crippen LogP contribution is -2.42. The van der Waals surface area contributed by atoms with E-state index < -0.39 is 0 Å². The maximum atomic E-state index is 12.0. The van der Waals surface area contributed by atoms with Crippen molar-refractivity contribution in [1.29, 1.82) is 0 Å². The Balaban J connectivity index is 2.56. The minimum absolute atomic E-state index is 0.0548. The van der Waals surface area contributed by atoms with Crippen molar-refractivity contribution in [2.24, 2.45) is 0 Å². The van der Waals surface area contributed by atoms with Gasteiger partial charge >= 0.3 is 0 Å². The summed E-state index contributed by atoms with van der Waals surface area (Å²) in [6.45, 7) is 10.2. The molecule has 3 nitrogen and oxygen atoms in total. The van der Waals surface area contributed by atoms with E-state index in [1.54, 1.807) is 0 Å². The van der Waals surface area contributed by atoms with E-state index in [0.29, 0.717) is 0 Å². The number of anilines is 1. The molecule has 2 atom stereocenters. The maximum Gasteiger partial charge on any atom is 0.242 e. The van der Waals surface area contributed by atoms with Crippen molar-refractivity contribution in [2.75, 3.05) is 5.32 Å². The Morgan fingerprint density at radius 3 is 2.47 bits per heavy atom. The molecule has 0 spiro atoms. The van der Waals surface area contributed by atoms with E-state index in [1.807, 2.05) is 19.9 Å². The van der Waals surface area contributed by atoms with Gasteiger partial charge in [0.2, 0.25) is 5.91 Å². The monoisotopic (exact) mass is 262 g/mol. The number of hydrogen-bond acceptors (Lipinski definition) is 2. The molecule has 0 aromatic heterocycles. The first-order chi connectivity index (χ1) is 8.93. The standard InChI is InChI=1S/C16H26N2O/c1-6-7-13(4)17-16(19)14(5)18-15-9-8-11(2)12(3)10-15/h8-10,13-14,18H,6-7H2,1-5H3,(H,17,19). The summed E-state index contributed by atoms with van der Waals surface area (Å²) in [5.41, 5.74) is 3.49. The van der Waals surface area contributed by atoms with Gasteiger partial charge in [-0.15, -0.1) is 0 Å². The molecule has 2 unspecified atom stereocenters. The molecule has 1 rings (SSSR count). The number of carbonyl (C=O) groups excluding carboxylic acids is 1. The summed E-state index contributed by atoms with van der Waals surface area (Å²) < 4.78 is 0. The summed E-state index contributed by atoms with van der Waals surface area (Å²) in [6.07, 6.45) is 2.10. The van der Waals surface area contributed by atoms with Crippen molar-refractivity contribution in [3.63, 3.8) is 0 Å². The Morgan fingerprint density at radius 2 is 1.89 bits per heavy atom. The minimum Gasteiger partial charge on any atom is -0.374 e. The zero-order chi connectivity index (χ0) is 14.4. The molecule has 3 heteroatoms. The summed E-state index contributed by atoms with van der Waals surface area (Å²) in [5, 5.41) is 6.27. The van der Waals surface area contributed by atoms with E-state index in [9.17, 15) is 4.79 Å². The fourth-order valence-corrected chi connectivity index (χ4v) is 2.02. The van der Waals surface area contributed by atoms with E-state index in [-0.39, 0.29) is 18.0 Å². The normalized spacial score (nSPS) is 13.7. The smallest absolute Gasteiger partial charge is 0.242 e. The highest BCUT2D eigenvalue weighted by molar-refractivity contribution is 5.84. The number of rotatable bonds is 6. The molecule has 1 aromatic rings. The highest BCUT2D eigenvalue weighted by Crippen LogP contribution is 2.15. The van der Waals surface area contributed by atoms with E-state index in [2.05, 4.69) is 43.5 Å². The van der Waals surface area contributed by atoms with Gasteiger partial charge in [-0.1, -0.05) is 19.4 Å². The van der Waals surface area contributed by atoms with Gasteiger partial charge < -0.3 is 10.6 Å². The van der Waals surface area contributed by atoms with E-state index in [1.165, 1.54) is 11.1 Å². The second-order valence-electron chi connectivity index (χ2n) is 5.36. The Bertz CT molecular complexity index is 429. The van der Waals surface area contributed by atoms with Gasteiger partial charge in [0.1, 0.15) is 6.04 Å². The minimum atomic E-state index is -0.221. The van der Waals surface area contributed by atoms with Crippen LogP contribution in [0.3, 0.4) is 0 Å². The van der Waals surface area contributed by atoms with Gasteiger partial charge in [0.25, 0.3) is 0 Å². The van der Waals surface area contributed by atoms with Crippen LogP contribution < -0.4 is 10.6 Å². The van der Waals surface area contributed by atoms with Crippen LogP contribution in [-0.4, -0.2) is 18.0 Å². The number of benzene rings is 1. The number of nitrogens with one attached hydrogen (secondary N) is 2. The van der Waals surface area contributed by atoms with Crippen LogP contribution in [0.1, 0.15) is 44.7 Å². The summed E-state index contributed by atoms with van der Waals surface area (Å²) >= 11 is 0. The lowest BCUT2D eigenvalue weighted by atomic mass is 10.1. The molecule has 0 aliphatic rings. The van der Waals surface area contributed by atoms with Gasteiger partial charge in [0.15, 0.2) is 0 Å². The Kier molecular flexibility index (Phi) is 5.87. The molecule has 0 bridgehead atoms. The molecule has 2 N–H and O–H groups in total. The second-order valence-corrected chi connectivity index (χ2v) is 5.36. The summed E-state index contributed by atoms with van der Waals surface area (Å²) in [5.74, 6) is 0.0548. The maximum absolute atomic E-state index is 12.0. The van der Waals surface area contributed by atoms with Crippen LogP contribution in [-0.2, 0) is 4.79 Å². The molecule has 0 aliphatic carbocycles. The third kappa shape index (κ3) is 4.93. The molecular weight excluding hydrogens is 236 g/mol. The van der Waals surface area contributed by atoms with Gasteiger partial charge in [0.05, 0.1) is 0 Å². The van der Waals surface area contributed by atoms with Crippen molar-refractivity contribution >= 4 is 11.6 Å². The molecule has 0 saturated carbocycles. The quantitative estimate of drug-likeness (QED) is 0.825. The fourth-order valence-electron chi connectivity index (χ4n) is 2.02. The molecular formula is C16H26N2O. The number of amides is 1. The van der Waals surface area contributed by atoms with Crippen LogP contribution >= 0.6 is 0 Å². The predicted octanol–water partition coefficient (Wildman–Crippen LogP) is 3.41. The molecule has 1 amide bonds. The van der Waals surface area contributed by atoms with Gasteiger partial charge in [-0.3, -0.25) is 4.79 Å². The van der Waals surface area contributed by atoms with Crippen LogP contribution in [0, 0.1) is 13.8 Å². The Hall–Kier alpha value is -1.51. The zero-order valence-electron chi connectivity index (χ0n) is 12.7. The first-order valence-electron chi connectivity index (χ1n) is 7.08.